The van der Waals surface area contributed by atoms with Crippen molar-refractivity contribution in [2.75, 3.05) is 0 Å². The first-order valence-electron chi connectivity index (χ1n) is 13.3. The Bertz CT molecular complexity index is 1940. The van der Waals surface area contributed by atoms with Gasteiger partial charge in [0.05, 0.1) is 17.1 Å². The molecule has 2 aromatic heterocycles. The molecular formula is C34H27FN4O2. The van der Waals surface area contributed by atoms with Gasteiger partial charge in [-0.15, -0.1) is 0 Å². The molecular weight excluding hydrogens is 515 g/mol. The number of para-hydroxylation sites is 1. The molecule has 0 spiro atoms. The molecule has 0 fully saturated rings. The molecule has 7 heteroatoms. The van der Waals surface area contributed by atoms with Gasteiger partial charge in [0.25, 0.3) is 5.56 Å². The molecule has 6 nitrogen and oxygen atoms in total. The smallest absolute Gasteiger partial charge is 0.282 e. The Balaban J connectivity index is 1.31. The number of aryl methyl sites for hydroxylation is 1. The third kappa shape index (κ3) is 5.17. The van der Waals surface area contributed by atoms with E-state index in [9.17, 15) is 9.18 Å². The number of aromatic nitrogens is 3. The molecule has 0 bridgehead atoms. The molecule has 0 atom stereocenters. The Hall–Kier alpha value is -5.30. The molecule has 2 heterocycles. The van der Waals surface area contributed by atoms with Gasteiger partial charge in [-0.1, -0.05) is 60.7 Å². The molecule has 0 aliphatic rings. The molecule has 0 saturated carbocycles. The van der Waals surface area contributed by atoms with E-state index >= 15 is 0 Å². The maximum Gasteiger partial charge on any atom is 0.282 e. The van der Waals surface area contributed by atoms with Crippen molar-refractivity contribution in [1.82, 2.24) is 14.2 Å². The second kappa shape index (κ2) is 11.1. The van der Waals surface area contributed by atoms with Crippen LogP contribution in [-0.2, 0) is 6.61 Å². The zero-order valence-corrected chi connectivity index (χ0v) is 22.7. The monoisotopic (exact) mass is 542 g/mol. The van der Waals surface area contributed by atoms with Gasteiger partial charge >= 0.3 is 0 Å². The van der Waals surface area contributed by atoms with E-state index in [0.29, 0.717) is 28.0 Å². The predicted octanol–water partition coefficient (Wildman–Crippen LogP) is 7.07. The van der Waals surface area contributed by atoms with Crippen molar-refractivity contribution in [2.24, 2.45) is 5.10 Å². The van der Waals surface area contributed by atoms with Crippen molar-refractivity contribution < 1.29 is 9.13 Å². The maximum atomic E-state index is 13.9. The van der Waals surface area contributed by atoms with Crippen molar-refractivity contribution >= 4 is 17.1 Å². The average molecular weight is 543 g/mol. The average Bonchev–Trinajstić information content (AvgIpc) is 3.29. The predicted molar refractivity (Wildman–Crippen MR) is 160 cm³/mol. The molecule has 202 valence electrons. The second-order valence-electron chi connectivity index (χ2n) is 9.72. The van der Waals surface area contributed by atoms with E-state index < -0.39 is 0 Å². The zero-order valence-electron chi connectivity index (χ0n) is 22.7. The first-order chi connectivity index (χ1) is 20.0. The van der Waals surface area contributed by atoms with Crippen molar-refractivity contribution in [3.63, 3.8) is 0 Å². The fourth-order valence-corrected chi connectivity index (χ4v) is 4.91. The largest absolute Gasteiger partial charge is 0.489 e. The highest BCUT2D eigenvalue weighted by molar-refractivity contribution is 5.83. The Morgan fingerprint density at radius 1 is 0.878 bits per heavy atom. The van der Waals surface area contributed by atoms with Gasteiger partial charge in [-0.2, -0.15) is 9.78 Å². The molecule has 0 aliphatic heterocycles. The SMILES string of the molecule is Cc1cc(C=Nn2c(-c3ccccc3)nc3ccccc3c2=O)c(C)n1-c1ccc(OCc2ccccc2F)cc1. The van der Waals surface area contributed by atoms with Crippen LogP contribution in [0.15, 0.2) is 119 Å². The third-order valence-corrected chi connectivity index (χ3v) is 7.02. The van der Waals surface area contributed by atoms with Crippen LogP contribution in [0.2, 0.25) is 0 Å². The highest BCUT2D eigenvalue weighted by atomic mass is 19.1. The maximum absolute atomic E-state index is 13.9. The minimum absolute atomic E-state index is 0.155. The van der Waals surface area contributed by atoms with Crippen molar-refractivity contribution in [2.45, 2.75) is 20.5 Å². The van der Waals surface area contributed by atoms with Gasteiger partial charge in [0.2, 0.25) is 0 Å². The van der Waals surface area contributed by atoms with E-state index in [-0.39, 0.29) is 18.0 Å². The number of halogens is 1. The summed E-state index contributed by atoms with van der Waals surface area (Å²) in [7, 11) is 0. The molecule has 0 amide bonds. The van der Waals surface area contributed by atoms with E-state index in [4.69, 9.17) is 9.72 Å². The van der Waals surface area contributed by atoms with Crippen LogP contribution in [0.25, 0.3) is 28.0 Å². The third-order valence-electron chi connectivity index (χ3n) is 7.02. The fraction of sp³-hybridized carbons (Fsp3) is 0.0882. The number of ether oxygens (including phenoxy) is 1. The molecule has 0 aliphatic carbocycles. The number of rotatable bonds is 7. The summed E-state index contributed by atoms with van der Waals surface area (Å²) in [6.45, 7) is 4.19. The van der Waals surface area contributed by atoms with Crippen LogP contribution in [0.5, 0.6) is 5.75 Å². The van der Waals surface area contributed by atoms with Crippen LogP contribution in [0.3, 0.4) is 0 Å². The van der Waals surface area contributed by atoms with Crippen LogP contribution in [0.1, 0.15) is 22.5 Å². The number of nitrogens with zero attached hydrogens (tertiary/aromatic N) is 4. The lowest BCUT2D eigenvalue weighted by molar-refractivity contribution is 0.300. The lowest BCUT2D eigenvalue weighted by Gasteiger charge is -2.12. The Morgan fingerprint density at radius 2 is 1.59 bits per heavy atom. The number of hydrogen-bond acceptors (Lipinski definition) is 4. The van der Waals surface area contributed by atoms with Crippen molar-refractivity contribution in [1.29, 1.82) is 0 Å². The molecule has 0 radical (unpaired) electrons. The summed E-state index contributed by atoms with van der Waals surface area (Å²) in [6, 6.07) is 33.2. The van der Waals surface area contributed by atoms with Gasteiger partial charge in [0.15, 0.2) is 5.82 Å². The first kappa shape index (κ1) is 26.0. The fourth-order valence-electron chi connectivity index (χ4n) is 4.91. The summed E-state index contributed by atoms with van der Waals surface area (Å²) in [5.41, 5.74) is 5.51. The summed E-state index contributed by atoms with van der Waals surface area (Å²) in [5.74, 6) is 0.845. The van der Waals surface area contributed by atoms with Gasteiger partial charge in [-0.3, -0.25) is 4.79 Å². The molecule has 0 unspecified atom stereocenters. The number of benzene rings is 4. The van der Waals surface area contributed by atoms with Gasteiger partial charge in [0, 0.05) is 33.8 Å². The van der Waals surface area contributed by atoms with E-state index in [1.54, 1.807) is 30.5 Å². The van der Waals surface area contributed by atoms with Crippen LogP contribution >= 0.6 is 0 Å². The Kier molecular flexibility index (Phi) is 7.00. The first-order valence-corrected chi connectivity index (χ1v) is 13.3. The van der Waals surface area contributed by atoms with Crippen molar-refractivity contribution in [3.05, 3.63) is 148 Å². The second-order valence-corrected chi connectivity index (χ2v) is 9.72. The van der Waals surface area contributed by atoms with E-state index in [2.05, 4.69) is 9.67 Å². The minimum Gasteiger partial charge on any atom is -0.489 e. The van der Waals surface area contributed by atoms with Crippen molar-refractivity contribution in [3.8, 4) is 22.8 Å². The molecule has 41 heavy (non-hydrogen) atoms. The van der Waals surface area contributed by atoms with Gasteiger partial charge in [-0.05, 0) is 62.4 Å². The van der Waals surface area contributed by atoms with Gasteiger partial charge < -0.3 is 9.30 Å². The summed E-state index contributed by atoms with van der Waals surface area (Å²) in [4.78, 5) is 18.3. The molecule has 4 aromatic carbocycles. The Labute approximate surface area is 236 Å². The number of hydrogen-bond donors (Lipinski definition) is 0. The summed E-state index contributed by atoms with van der Waals surface area (Å²) in [6.07, 6.45) is 1.70. The van der Waals surface area contributed by atoms with Gasteiger partial charge in [-0.25, -0.2) is 9.37 Å². The molecule has 6 rings (SSSR count). The van der Waals surface area contributed by atoms with Crippen LogP contribution < -0.4 is 10.3 Å². The topological polar surface area (TPSA) is 61.4 Å². The van der Waals surface area contributed by atoms with Gasteiger partial charge in [0.1, 0.15) is 18.2 Å². The van der Waals surface area contributed by atoms with E-state index in [1.807, 2.05) is 92.7 Å². The van der Waals surface area contributed by atoms with Crippen LogP contribution in [-0.4, -0.2) is 20.4 Å². The minimum atomic E-state index is -0.283. The lowest BCUT2D eigenvalue weighted by Crippen LogP contribution is -2.20. The highest BCUT2D eigenvalue weighted by Crippen LogP contribution is 2.24. The molecule has 0 saturated heterocycles. The quantitative estimate of drug-likeness (QED) is 0.203. The Morgan fingerprint density at radius 3 is 2.37 bits per heavy atom. The van der Waals surface area contributed by atoms with E-state index in [1.165, 1.54) is 10.7 Å². The van der Waals surface area contributed by atoms with E-state index in [0.717, 1.165) is 28.2 Å². The summed E-state index contributed by atoms with van der Waals surface area (Å²) >= 11 is 0. The van der Waals surface area contributed by atoms with Crippen LogP contribution in [0.4, 0.5) is 4.39 Å². The molecule has 6 aromatic rings. The molecule has 0 N–H and O–H groups in total. The lowest BCUT2D eigenvalue weighted by atomic mass is 10.2. The summed E-state index contributed by atoms with van der Waals surface area (Å²) in [5, 5.41) is 5.15. The standard InChI is InChI=1S/C34H27FN4O2/c1-23-20-27(24(2)38(23)28-16-18-29(19-17-28)41-22-26-12-6-8-14-31(26)35)21-36-39-33(25-10-4-3-5-11-25)37-32-15-9-7-13-30(32)34(39)40/h3-21H,22H2,1-2H3. The number of fused-ring (bicyclic) bond motifs is 1. The van der Waals surface area contributed by atoms with Crippen LogP contribution in [0, 0.1) is 19.7 Å². The normalized spacial score (nSPS) is 11.4. The highest BCUT2D eigenvalue weighted by Gasteiger charge is 2.14. The summed E-state index contributed by atoms with van der Waals surface area (Å²) < 4.78 is 23.2. The zero-order chi connectivity index (χ0) is 28.3.